The molecule has 1 aliphatic carbocycles. The van der Waals surface area contributed by atoms with Gasteiger partial charge in [-0.2, -0.15) is 0 Å². The van der Waals surface area contributed by atoms with Crippen molar-refractivity contribution in [2.75, 3.05) is 6.61 Å². The zero-order chi connectivity index (χ0) is 19.4. The first-order valence-electron chi connectivity index (χ1n) is 9.30. The van der Waals surface area contributed by atoms with Gasteiger partial charge >= 0.3 is 5.97 Å². The van der Waals surface area contributed by atoms with Crippen LogP contribution in [0.2, 0.25) is 0 Å². The van der Waals surface area contributed by atoms with Gasteiger partial charge in [0.1, 0.15) is 11.9 Å². The second kappa shape index (κ2) is 8.33. The molecule has 1 atom stereocenters. The minimum atomic E-state index is -0.771. The van der Waals surface area contributed by atoms with Crippen LogP contribution in [0.3, 0.4) is 0 Å². The van der Waals surface area contributed by atoms with Crippen LogP contribution in [0.4, 0.5) is 4.39 Å². The van der Waals surface area contributed by atoms with Gasteiger partial charge in [0.25, 0.3) is 5.91 Å². The number of amides is 1. The zero-order valence-electron chi connectivity index (χ0n) is 15.7. The molecule has 0 spiro atoms. The lowest BCUT2D eigenvalue weighted by atomic mass is 10.0. The maximum absolute atomic E-state index is 14.3. The predicted octanol–water partition coefficient (Wildman–Crippen LogP) is 3.91. The summed E-state index contributed by atoms with van der Waals surface area (Å²) in [7, 11) is 0. The molecule has 2 aromatic rings. The normalized spacial score (nSPS) is 14.5. The molecule has 5 heteroatoms. The van der Waals surface area contributed by atoms with Crippen molar-refractivity contribution in [3.63, 3.8) is 0 Å². The van der Waals surface area contributed by atoms with Crippen LogP contribution in [-0.4, -0.2) is 35.5 Å². The Morgan fingerprint density at radius 2 is 1.89 bits per heavy atom. The number of benzene rings is 2. The van der Waals surface area contributed by atoms with Gasteiger partial charge in [0, 0.05) is 12.5 Å². The van der Waals surface area contributed by atoms with Crippen molar-refractivity contribution in [3.05, 3.63) is 71.0 Å². The van der Waals surface area contributed by atoms with Crippen molar-refractivity contribution in [3.8, 4) is 0 Å². The molecular weight excluding hydrogens is 345 g/mol. The van der Waals surface area contributed by atoms with Gasteiger partial charge in [0.15, 0.2) is 0 Å². The van der Waals surface area contributed by atoms with Crippen LogP contribution in [-0.2, 0) is 16.0 Å². The minimum absolute atomic E-state index is 0.00394. The van der Waals surface area contributed by atoms with Crippen LogP contribution >= 0.6 is 0 Å². The first kappa shape index (κ1) is 19.1. The fraction of sp³-hybridized carbons (Fsp3) is 0.364. The Hall–Kier alpha value is -2.69. The number of aryl methyl sites for hydroxylation is 1. The summed E-state index contributed by atoms with van der Waals surface area (Å²) in [6.45, 7) is 3.78. The van der Waals surface area contributed by atoms with Gasteiger partial charge in [-0.3, -0.25) is 4.79 Å². The van der Waals surface area contributed by atoms with Crippen molar-refractivity contribution in [1.82, 2.24) is 4.90 Å². The largest absolute Gasteiger partial charge is 0.464 e. The third-order valence-corrected chi connectivity index (χ3v) is 4.69. The number of esters is 1. The van der Waals surface area contributed by atoms with Gasteiger partial charge in [-0.1, -0.05) is 42.0 Å². The van der Waals surface area contributed by atoms with E-state index in [9.17, 15) is 14.0 Å². The third-order valence-electron chi connectivity index (χ3n) is 4.69. The van der Waals surface area contributed by atoms with Crippen LogP contribution in [0.15, 0.2) is 48.5 Å². The van der Waals surface area contributed by atoms with E-state index in [0.717, 1.165) is 24.0 Å². The van der Waals surface area contributed by atoms with Crippen LogP contribution in [0, 0.1) is 12.7 Å². The van der Waals surface area contributed by atoms with Gasteiger partial charge in [-0.05, 0) is 44.4 Å². The second-order valence-corrected chi connectivity index (χ2v) is 6.88. The standard InChI is InChI=1S/C22H24FNO3/c1-3-27-22(26)20(14-16-7-5-4-6-8-16)24(17-10-11-17)21(25)18-13-15(2)9-12-19(18)23/h4-9,12-13,17,20H,3,10-11,14H2,1-2H3. The number of hydrogen-bond acceptors (Lipinski definition) is 3. The summed E-state index contributed by atoms with van der Waals surface area (Å²) in [4.78, 5) is 27.4. The summed E-state index contributed by atoms with van der Waals surface area (Å²) in [6.07, 6.45) is 1.96. The Morgan fingerprint density at radius 3 is 2.52 bits per heavy atom. The van der Waals surface area contributed by atoms with Crippen LogP contribution < -0.4 is 0 Å². The van der Waals surface area contributed by atoms with Gasteiger partial charge in [-0.15, -0.1) is 0 Å². The fourth-order valence-electron chi connectivity index (χ4n) is 3.23. The Labute approximate surface area is 158 Å². The molecule has 1 amide bonds. The van der Waals surface area contributed by atoms with E-state index in [0.29, 0.717) is 6.42 Å². The summed E-state index contributed by atoms with van der Waals surface area (Å²) in [5, 5.41) is 0. The average molecular weight is 369 g/mol. The lowest BCUT2D eigenvalue weighted by Crippen LogP contribution is -2.48. The molecule has 0 saturated heterocycles. The van der Waals surface area contributed by atoms with Crippen LogP contribution in [0.5, 0.6) is 0 Å². The number of carbonyl (C=O) groups excluding carboxylic acids is 2. The molecule has 142 valence electrons. The maximum atomic E-state index is 14.3. The molecule has 0 bridgehead atoms. The highest BCUT2D eigenvalue weighted by Gasteiger charge is 2.42. The Bertz CT molecular complexity index is 818. The molecule has 0 radical (unpaired) electrons. The van der Waals surface area contributed by atoms with Crippen molar-refractivity contribution < 1.29 is 18.7 Å². The van der Waals surface area contributed by atoms with Gasteiger partial charge in [0.2, 0.25) is 0 Å². The highest BCUT2D eigenvalue weighted by Crippen LogP contribution is 2.32. The molecule has 1 fully saturated rings. The lowest BCUT2D eigenvalue weighted by molar-refractivity contribution is -0.148. The second-order valence-electron chi connectivity index (χ2n) is 6.88. The van der Waals surface area contributed by atoms with E-state index >= 15 is 0 Å². The molecular formula is C22H24FNO3. The van der Waals surface area contributed by atoms with Crippen molar-refractivity contribution in [1.29, 1.82) is 0 Å². The number of halogens is 1. The van der Waals surface area contributed by atoms with Crippen LogP contribution in [0.25, 0.3) is 0 Å². The molecule has 4 nitrogen and oxygen atoms in total. The van der Waals surface area contributed by atoms with Gasteiger partial charge < -0.3 is 9.64 Å². The maximum Gasteiger partial charge on any atom is 0.329 e. The Kier molecular flexibility index (Phi) is 5.89. The number of carbonyl (C=O) groups is 2. The third kappa shape index (κ3) is 4.54. The van der Waals surface area contributed by atoms with E-state index in [4.69, 9.17) is 4.74 Å². The number of rotatable bonds is 7. The summed E-state index contributed by atoms with van der Waals surface area (Å²) in [6, 6.07) is 13.1. The summed E-state index contributed by atoms with van der Waals surface area (Å²) in [5.74, 6) is -1.47. The lowest BCUT2D eigenvalue weighted by Gasteiger charge is -2.31. The topological polar surface area (TPSA) is 46.6 Å². The molecule has 27 heavy (non-hydrogen) atoms. The molecule has 2 aromatic carbocycles. The van der Waals surface area contributed by atoms with Gasteiger partial charge in [-0.25, -0.2) is 9.18 Å². The zero-order valence-corrected chi connectivity index (χ0v) is 15.7. The van der Waals surface area contributed by atoms with Crippen molar-refractivity contribution >= 4 is 11.9 Å². The van der Waals surface area contributed by atoms with E-state index < -0.39 is 23.7 Å². The molecule has 1 aliphatic rings. The molecule has 1 unspecified atom stereocenters. The molecule has 0 aliphatic heterocycles. The van der Waals surface area contributed by atoms with E-state index in [2.05, 4.69) is 0 Å². The predicted molar refractivity (Wildman–Crippen MR) is 101 cm³/mol. The van der Waals surface area contributed by atoms with Crippen LogP contribution in [0.1, 0.15) is 41.3 Å². The Morgan fingerprint density at radius 1 is 1.19 bits per heavy atom. The van der Waals surface area contributed by atoms with E-state index in [1.807, 2.05) is 37.3 Å². The smallest absolute Gasteiger partial charge is 0.329 e. The molecule has 3 rings (SSSR count). The van der Waals surface area contributed by atoms with E-state index in [1.54, 1.807) is 13.0 Å². The fourth-order valence-corrected chi connectivity index (χ4v) is 3.23. The highest BCUT2D eigenvalue weighted by molar-refractivity contribution is 5.97. The SMILES string of the molecule is CCOC(=O)C(Cc1ccccc1)N(C(=O)c1cc(C)ccc1F)C1CC1. The molecule has 0 heterocycles. The summed E-state index contributed by atoms with van der Waals surface area (Å²) in [5.41, 5.74) is 1.73. The van der Waals surface area contributed by atoms with Crippen molar-refractivity contribution in [2.45, 2.75) is 45.2 Å². The quantitative estimate of drug-likeness (QED) is 0.695. The first-order valence-corrected chi connectivity index (χ1v) is 9.30. The molecule has 0 N–H and O–H groups in total. The first-order chi connectivity index (χ1) is 13.0. The minimum Gasteiger partial charge on any atom is -0.464 e. The Balaban J connectivity index is 1.96. The van der Waals surface area contributed by atoms with E-state index in [1.165, 1.54) is 17.0 Å². The van der Waals surface area contributed by atoms with Gasteiger partial charge in [0.05, 0.1) is 12.2 Å². The summed E-state index contributed by atoms with van der Waals surface area (Å²) >= 11 is 0. The number of nitrogens with zero attached hydrogens (tertiary/aromatic N) is 1. The molecule has 0 aromatic heterocycles. The number of hydrogen-bond donors (Lipinski definition) is 0. The summed E-state index contributed by atoms with van der Waals surface area (Å²) < 4.78 is 19.6. The monoisotopic (exact) mass is 369 g/mol. The number of ether oxygens (including phenoxy) is 1. The average Bonchev–Trinajstić information content (AvgIpc) is 3.49. The van der Waals surface area contributed by atoms with E-state index in [-0.39, 0.29) is 18.2 Å². The van der Waals surface area contributed by atoms with Crippen molar-refractivity contribution in [2.24, 2.45) is 0 Å². The molecule has 1 saturated carbocycles. The highest BCUT2D eigenvalue weighted by atomic mass is 19.1.